The SMILES string of the molecule is CN=C(NCc1ccc(S(C)(=O)=O)c(C)c1)NCc1cc(Br)ccc1F.I. The number of halogens is 3. The van der Waals surface area contributed by atoms with Gasteiger partial charge in [0.05, 0.1) is 4.90 Å². The number of aliphatic imine (C=N–C) groups is 1. The Labute approximate surface area is 184 Å². The molecule has 2 N–H and O–H groups in total. The van der Waals surface area contributed by atoms with E-state index in [2.05, 4.69) is 31.6 Å². The predicted molar refractivity (Wildman–Crippen MR) is 121 cm³/mol. The zero-order valence-corrected chi connectivity index (χ0v) is 19.9. The summed E-state index contributed by atoms with van der Waals surface area (Å²) in [5.74, 6) is 0.234. The maximum Gasteiger partial charge on any atom is 0.191 e. The van der Waals surface area contributed by atoms with Crippen LogP contribution in [-0.2, 0) is 22.9 Å². The molecular formula is C18H22BrFIN3O2S. The molecule has 0 aliphatic heterocycles. The third-order valence-corrected chi connectivity index (χ3v) is 5.53. The smallest absolute Gasteiger partial charge is 0.191 e. The topological polar surface area (TPSA) is 70.6 Å². The van der Waals surface area contributed by atoms with E-state index in [1.807, 2.05) is 6.07 Å². The lowest BCUT2D eigenvalue weighted by molar-refractivity contribution is 0.601. The van der Waals surface area contributed by atoms with Gasteiger partial charge in [-0.15, -0.1) is 24.0 Å². The molecular weight excluding hydrogens is 548 g/mol. The van der Waals surface area contributed by atoms with Gasteiger partial charge in [0.1, 0.15) is 5.82 Å². The fraction of sp³-hybridized carbons (Fsp3) is 0.278. The van der Waals surface area contributed by atoms with Crippen molar-refractivity contribution in [3.8, 4) is 0 Å². The summed E-state index contributed by atoms with van der Waals surface area (Å²) < 4.78 is 37.9. The molecule has 27 heavy (non-hydrogen) atoms. The van der Waals surface area contributed by atoms with Gasteiger partial charge in [-0.25, -0.2) is 12.8 Å². The van der Waals surface area contributed by atoms with Gasteiger partial charge in [-0.05, 0) is 42.3 Å². The molecule has 0 saturated carbocycles. The first kappa shape index (κ1) is 23.8. The number of nitrogens with zero attached hydrogens (tertiary/aromatic N) is 1. The van der Waals surface area contributed by atoms with Crippen LogP contribution in [-0.4, -0.2) is 27.7 Å². The Hall–Kier alpha value is -1.20. The summed E-state index contributed by atoms with van der Waals surface area (Å²) in [4.78, 5) is 4.44. The Morgan fingerprint density at radius 1 is 1.15 bits per heavy atom. The van der Waals surface area contributed by atoms with Crippen LogP contribution < -0.4 is 10.6 Å². The Morgan fingerprint density at radius 2 is 1.81 bits per heavy atom. The van der Waals surface area contributed by atoms with E-state index in [4.69, 9.17) is 0 Å². The number of guanidine groups is 1. The lowest BCUT2D eigenvalue weighted by atomic mass is 10.1. The van der Waals surface area contributed by atoms with E-state index in [9.17, 15) is 12.8 Å². The first-order valence-electron chi connectivity index (χ1n) is 7.88. The number of hydrogen-bond acceptors (Lipinski definition) is 3. The maximum absolute atomic E-state index is 13.8. The van der Waals surface area contributed by atoms with Crippen molar-refractivity contribution >= 4 is 55.7 Å². The molecule has 9 heteroatoms. The molecule has 5 nitrogen and oxygen atoms in total. The third kappa shape index (κ3) is 7.04. The van der Waals surface area contributed by atoms with Crippen molar-refractivity contribution in [1.82, 2.24) is 10.6 Å². The second-order valence-electron chi connectivity index (χ2n) is 5.89. The van der Waals surface area contributed by atoms with Crippen LogP contribution in [0, 0.1) is 12.7 Å². The fourth-order valence-corrected chi connectivity index (χ4v) is 3.87. The van der Waals surface area contributed by atoms with E-state index >= 15 is 0 Å². The van der Waals surface area contributed by atoms with E-state index in [0.717, 1.165) is 10.0 Å². The van der Waals surface area contributed by atoms with Crippen LogP contribution in [0.25, 0.3) is 0 Å². The zero-order chi connectivity index (χ0) is 19.3. The number of nitrogens with one attached hydrogen (secondary N) is 2. The van der Waals surface area contributed by atoms with E-state index in [-0.39, 0.29) is 36.3 Å². The van der Waals surface area contributed by atoms with Crippen LogP contribution in [0.3, 0.4) is 0 Å². The van der Waals surface area contributed by atoms with Crippen molar-refractivity contribution < 1.29 is 12.8 Å². The summed E-state index contributed by atoms with van der Waals surface area (Å²) >= 11 is 3.33. The number of benzene rings is 2. The van der Waals surface area contributed by atoms with Gasteiger partial charge in [0.2, 0.25) is 0 Å². The number of rotatable bonds is 5. The second kappa shape index (κ2) is 10.4. The molecule has 0 atom stereocenters. The van der Waals surface area contributed by atoms with Gasteiger partial charge in [0.15, 0.2) is 15.8 Å². The number of sulfone groups is 1. The normalized spacial score (nSPS) is 11.7. The Balaban J connectivity index is 0.00000364. The van der Waals surface area contributed by atoms with Gasteiger partial charge >= 0.3 is 0 Å². The molecule has 2 aromatic rings. The Kier molecular flexibility index (Phi) is 9.16. The average Bonchev–Trinajstić information content (AvgIpc) is 2.56. The number of hydrogen-bond donors (Lipinski definition) is 2. The summed E-state index contributed by atoms with van der Waals surface area (Å²) in [5.41, 5.74) is 2.15. The molecule has 0 bridgehead atoms. The second-order valence-corrected chi connectivity index (χ2v) is 8.79. The van der Waals surface area contributed by atoms with Gasteiger partial charge in [-0.2, -0.15) is 0 Å². The molecule has 0 unspecified atom stereocenters. The molecule has 0 spiro atoms. The van der Waals surface area contributed by atoms with Crippen LogP contribution in [0.5, 0.6) is 0 Å². The third-order valence-electron chi connectivity index (χ3n) is 3.78. The lowest BCUT2D eigenvalue weighted by Crippen LogP contribution is -2.36. The first-order valence-corrected chi connectivity index (χ1v) is 10.6. The molecule has 0 aliphatic carbocycles. The summed E-state index contributed by atoms with van der Waals surface area (Å²) in [5, 5.41) is 6.19. The van der Waals surface area contributed by atoms with Gasteiger partial charge < -0.3 is 10.6 Å². The highest BCUT2D eigenvalue weighted by molar-refractivity contribution is 14.0. The highest BCUT2D eigenvalue weighted by atomic mass is 127. The molecule has 0 radical (unpaired) electrons. The van der Waals surface area contributed by atoms with Crippen LogP contribution in [0.4, 0.5) is 4.39 Å². The highest BCUT2D eigenvalue weighted by Gasteiger charge is 2.11. The maximum atomic E-state index is 13.8. The molecule has 0 aromatic heterocycles. The van der Waals surface area contributed by atoms with Crippen LogP contribution >= 0.6 is 39.9 Å². The Morgan fingerprint density at radius 3 is 2.41 bits per heavy atom. The minimum absolute atomic E-state index is 0. The summed E-state index contributed by atoms with van der Waals surface area (Å²) in [7, 11) is -1.60. The van der Waals surface area contributed by atoms with Crippen LogP contribution in [0.15, 0.2) is 50.8 Å². The highest BCUT2D eigenvalue weighted by Crippen LogP contribution is 2.17. The zero-order valence-electron chi connectivity index (χ0n) is 15.2. The molecule has 0 saturated heterocycles. The van der Waals surface area contributed by atoms with Crippen LogP contribution in [0.1, 0.15) is 16.7 Å². The van der Waals surface area contributed by atoms with Crippen LogP contribution in [0.2, 0.25) is 0 Å². The monoisotopic (exact) mass is 569 g/mol. The summed E-state index contributed by atoms with van der Waals surface area (Å²) in [6.07, 6.45) is 1.19. The van der Waals surface area contributed by atoms with Crippen molar-refractivity contribution in [3.63, 3.8) is 0 Å². The molecule has 2 aromatic carbocycles. The fourth-order valence-electron chi connectivity index (χ4n) is 2.50. The predicted octanol–water partition coefficient (Wildman–Crippen LogP) is 3.78. The molecule has 0 amide bonds. The lowest BCUT2D eigenvalue weighted by Gasteiger charge is -2.13. The van der Waals surface area contributed by atoms with Crippen molar-refractivity contribution in [2.45, 2.75) is 24.9 Å². The van der Waals surface area contributed by atoms with Gasteiger partial charge in [-0.3, -0.25) is 4.99 Å². The van der Waals surface area contributed by atoms with Gasteiger partial charge in [0, 0.05) is 36.4 Å². The van der Waals surface area contributed by atoms with E-state index in [1.54, 1.807) is 38.2 Å². The molecule has 148 valence electrons. The minimum Gasteiger partial charge on any atom is -0.352 e. The average molecular weight is 570 g/mol. The van der Waals surface area contributed by atoms with Gasteiger partial charge in [-0.1, -0.05) is 28.1 Å². The Bertz CT molecular complexity index is 936. The molecule has 0 fully saturated rings. The van der Waals surface area contributed by atoms with Crippen molar-refractivity contribution in [2.75, 3.05) is 13.3 Å². The standard InChI is InChI=1S/C18H21BrFN3O2S.HI/c1-12-8-13(4-7-17(12)26(3,24)25)10-22-18(21-2)23-11-14-9-15(19)5-6-16(14)20;/h4-9H,10-11H2,1-3H3,(H2,21,22,23);1H. The quantitative estimate of drug-likeness (QED) is 0.327. The molecule has 0 heterocycles. The van der Waals surface area contributed by atoms with Crippen molar-refractivity contribution in [2.24, 2.45) is 4.99 Å². The number of aryl methyl sites for hydroxylation is 1. The van der Waals surface area contributed by atoms with E-state index in [0.29, 0.717) is 28.5 Å². The van der Waals surface area contributed by atoms with Crippen molar-refractivity contribution in [3.05, 3.63) is 63.4 Å². The van der Waals surface area contributed by atoms with E-state index in [1.165, 1.54) is 12.3 Å². The largest absolute Gasteiger partial charge is 0.352 e. The molecule has 2 rings (SSSR count). The first-order chi connectivity index (χ1) is 12.2. The molecule has 0 aliphatic rings. The van der Waals surface area contributed by atoms with Gasteiger partial charge in [0.25, 0.3) is 0 Å². The minimum atomic E-state index is -3.23. The summed E-state index contributed by atoms with van der Waals surface area (Å²) in [6.45, 7) is 2.52. The summed E-state index contributed by atoms with van der Waals surface area (Å²) in [6, 6.07) is 9.96. The van der Waals surface area contributed by atoms with E-state index < -0.39 is 9.84 Å². The van der Waals surface area contributed by atoms with Crippen molar-refractivity contribution in [1.29, 1.82) is 0 Å².